The average molecular weight is 333 g/mol. The van der Waals surface area contributed by atoms with E-state index in [0.717, 1.165) is 0 Å². The molecule has 5 heteroatoms. The number of hydrogen-bond donors (Lipinski definition) is 1. The molecule has 106 valence electrons. The largest absolute Gasteiger partial charge is 0.385 e. The third-order valence-electron chi connectivity index (χ3n) is 3.55. The van der Waals surface area contributed by atoms with Crippen LogP contribution in [0.2, 0.25) is 0 Å². The van der Waals surface area contributed by atoms with Crippen molar-refractivity contribution >= 4 is 15.9 Å². The second-order valence-electron chi connectivity index (χ2n) is 4.66. The Kier molecular flexibility index (Phi) is 4.95. The van der Waals surface area contributed by atoms with Gasteiger partial charge < -0.3 is 14.6 Å². The quantitative estimate of drug-likeness (QED) is 0.920. The van der Waals surface area contributed by atoms with Crippen LogP contribution < -0.4 is 0 Å². The highest BCUT2D eigenvalue weighted by atomic mass is 79.9. The van der Waals surface area contributed by atoms with Gasteiger partial charge in [0.05, 0.1) is 4.47 Å². The van der Waals surface area contributed by atoms with Crippen molar-refractivity contribution in [3.63, 3.8) is 0 Å². The van der Waals surface area contributed by atoms with Crippen molar-refractivity contribution in [3.8, 4) is 0 Å². The van der Waals surface area contributed by atoms with Crippen molar-refractivity contribution < 1.29 is 19.0 Å². The Hall–Kier alpha value is -0.490. The first-order chi connectivity index (χ1) is 9.10. The van der Waals surface area contributed by atoms with E-state index in [-0.39, 0.29) is 5.56 Å². The first kappa shape index (κ1) is 14.9. The highest BCUT2D eigenvalue weighted by Crippen LogP contribution is 2.39. The number of aliphatic hydroxyl groups is 1. The molecule has 1 heterocycles. The SMILES string of the molecule is CCOC1(C(O)c2cccc(Br)c2F)CCOCC1. The number of aliphatic hydroxyl groups excluding tert-OH is 1. The lowest BCUT2D eigenvalue weighted by Crippen LogP contribution is -2.45. The minimum Gasteiger partial charge on any atom is -0.385 e. The maximum absolute atomic E-state index is 14.1. The maximum atomic E-state index is 14.1. The van der Waals surface area contributed by atoms with Gasteiger partial charge in [-0.15, -0.1) is 0 Å². The summed E-state index contributed by atoms with van der Waals surface area (Å²) >= 11 is 3.14. The monoisotopic (exact) mass is 332 g/mol. The zero-order valence-corrected chi connectivity index (χ0v) is 12.5. The molecule has 1 aliphatic rings. The van der Waals surface area contributed by atoms with E-state index in [1.165, 1.54) is 0 Å². The van der Waals surface area contributed by atoms with Crippen molar-refractivity contribution in [2.45, 2.75) is 31.5 Å². The van der Waals surface area contributed by atoms with Gasteiger partial charge in [-0.05, 0) is 28.9 Å². The molecule has 0 spiro atoms. The van der Waals surface area contributed by atoms with Gasteiger partial charge in [0.15, 0.2) is 0 Å². The molecule has 1 atom stereocenters. The first-order valence-electron chi connectivity index (χ1n) is 6.44. The Labute approximate surface area is 120 Å². The van der Waals surface area contributed by atoms with E-state index in [4.69, 9.17) is 9.47 Å². The first-order valence-corrected chi connectivity index (χ1v) is 7.23. The van der Waals surface area contributed by atoms with Gasteiger partial charge in [0.2, 0.25) is 0 Å². The van der Waals surface area contributed by atoms with E-state index < -0.39 is 17.5 Å². The van der Waals surface area contributed by atoms with Crippen LogP contribution in [0.3, 0.4) is 0 Å². The summed E-state index contributed by atoms with van der Waals surface area (Å²) in [5, 5.41) is 10.6. The standard InChI is InChI=1S/C14H18BrFO3/c1-2-19-14(6-8-18-9-7-14)13(17)10-4-3-5-11(15)12(10)16/h3-5,13,17H,2,6-9H2,1H3. The van der Waals surface area contributed by atoms with Crippen LogP contribution in [0.5, 0.6) is 0 Å². The van der Waals surface area contributed by atoms with Gasteiger partial charge in [0.1, 0.15) is 17.5 Å². The molecule has 0 saturated carbocycles. The maximum Gasteiger partial charge on any atom is 0.143 e. The van der Waals surface area contributed by atoms with Crippen molar-refractivity contribution in [1.29, 1.82) is 0 Å². The molecule has 1 fully saturated rings. The summed E-state index contributed by atoms with van der Waals surface area (Å²) in [4.78, 5) is 0. The van der Waals surface area contributed by atoms with Crippen LogP contribution in [-0.2, 0) is 9.47 Å². The molecule has 1 aromatic rings. The van der Waals surface area contributed by atoms with Crippen LogP contribution in [0, 0.1) is 5.82 Å². The van der Waals surface area contributed by atoms with Gasteiger partial charge in [0.25, 0.3) is 0 Å². The lowest BCUT2D eigenvalue weighted by Gasteiger charge is -2.40. The van der Waals surface area contributed by atoms with Gasteiger partial charge in [-0.2, -0.15) is 0 Å². The van der Waals surface area contributed by atoms with Crippen molar-refractivity contribution in [1.82, 2.24) is 0 Å². The predicted octanol–water partition coefficient (Wildman–Crippen LogP) is 3.21. The predicted molar refractivity (Wildman–Crippen MR) is 73.5 cm³/mol. The van der Waals surface area contributed by atoms with Gasteiger partial charge in [0, 0.05) is 38.2 Å². The zero-order valence-electron chi connectivity index (χ0n) is 10.9. The second-order valence-corrected chi connectivity index (χ2v) is 5.51. The zero-order chi connectivity index (χ0) is 13.9. The Morgan fingerprint density at radius 2 is 2.16 bits per heavy atom. The van der Waals surface area contributed by atoms with Crippen molar-refractivity contribution in [3.05, 3.63) is 34.1 Å². The molecule has 1 unspecified atom stereocenters. The molecular weight excluding hydrogens is 315 g/mol. The molecule has 0 bridgehead atoms. The molecule has 1 aromatic carbocycles. The number of hydrogen-bond acceptors (Lipinski definition) is 3. The van der Waals surface area contributed by atoms with Crippen LogP contribution in [0.1, 0.15) is 31.4 Å². The van der Waals surface area contributed by atoms with E-state index in [2.05, 4.69) is 15.9 Å². The van der Waals surface area contributed by atoms with Gasteiger partial charge in [-0.25, -0.2) is 4.39 Å². The Bertz CT molecular complexity index is 427. The van der Waals surface area contributed by atoms with E-state index in [1.54, 1.807) is 18.2 Å². The van der Waals surface area contributed by atoms with Crippen LogP contribution >= 0.6 is 15.9 Å². The normalized spacial score (nSPS) is 20.2. The van der Waals surface area contributed by atoms with Crippen LogP contribution in [0.4, 0.5) is 4.39 Å². The molecular formula is C14H18BrFO3. The lowest BCUT2D eigenvalue weighted by atomic mass is 9.84. The Balaban J connectivity index is 2.33. The third kappa shape index (κ3) is 2.99. The third-order valence-corrected chi connectivity index (χ3v) is 4.16. The molecule has 1 aliphatic heterocycles. The summed E-state index contributed by atoms with van der Waals surface area (Å²) in [6.07, 6.45) is 0.135. The molecule has 3 nitrogen and oxygen atoms in total. The van der Waals surface area contributed by atoms with Crippen molar-refractivity contribution in [2.24, 2.45) is 0 Å². The van der Waals surface area contributed by atoms with Crippen molar-refractivity contribution in [2.75, 3.05) is 19.8 Å². The molecule has 1 N–H and O–H groups in total. The van der Waals surface area contributed by atoms with E-state index in [1.807, 2.05) is 6.92 Å². The Morgan fingerprint density at radius 1 is 1.47 bits per heavy atom. The van der Waals surface area contributed by atoms with Gasteiger partial charge in [-0.3, -0.25) is 0 Å². The number of rotatable bonds is 4. The summed E-state index contributed by atoms with van der Waals surface area (Å²) in [6.45, 7) is 3.40. The van der Waals surface area contributed by atoms with E-state index in [9.17, 15) is 9.50 Å². The summed E-state index contributed by atoms with van der Waals surface area (Å²) in [6, 6.07) is 4.93. The molecule has 19 heavy (non-hydrogen) atoms. The minimum atomic E-state index is -0.992. The molecule has 1 saturated heterocycles. The lowest BCUT2D eigenvalue weighted by molar-refractivity contribution is -0.168. The molecule has 0 aliphatic carbocycles. The summed E-state index contributed by atoms with van der Waals surface area (Å²) in [7, 11) is 0. The second kappa shape index (κ2) is 6.31. The minimum absolute atomic E-state index is 0.268. The highest BCUT2D eigenvalue weighted by Gasteiger charge is 2.42. The number of halogens is 2. The van der Waals surface area contributed by atoms with Gasteiger partial charge >= 0.3 is 0 Å². The molecule has 0 radical (unpaired) electrons. The fraction of sp³-hybridized carbons (Fsp3) is 0.571. The van der Waals surface area contributed by atoms with Crippen LogP contribution in [0.25, 0.3) is 0 Å². The number of ether oxygens (including phenoxy) is 2. The summed E-state index contributed by atoms with van der Waals surface area (Å²) in [5.74, 6) is -0.430. The smallest absolute Gasteiger partial charge is 0.143 e. The molecule has 0 aromatic heterocycles. The summed E-state index contributed by atoms with van der Waals surface area (Å²) < 4.78 is 25.6. The fourth-order valence-electron chi connectivity index (χ4n) is 2.52. The van der Waals surface area contributed by atoms with E-state index >= 15 is 0 Å². The fourth-order valence-corrected chi connectivity index (χ4v) is 2.90. The van der Waals surface area contributed by atoms with Gasteiger partial charge in [-0.1, -0.05) is 12.1 Å². The average Bonchev–Trinajstić information content (AvgIpc) is 2.42. The molecule has 0 amide bonds. The highest BCUT2D eigenvalue weighted by molar-refractivity contribution is 9.10. The summed E-state index contributed by atoms with van der Waals surface area (Å²) in [5.41, 5.74) is -0.487. The van der Waals surface area contributed by atoms with Crippen LogP contribution in [-0.4, -0.2) is 30.5 Å². The van der Waals surface area contributed by atoms with Crippen LogP contribution in [0.15, 0.2) is 22.7 Å². The number of benzene rings is 1. The molecule has 2 rings (SSSR count). The van der Waals surface area contributed by atoms with E-state index in [0.29, 0.717) is 37.1 Å². The topological polar surface area (TPSA) is 38.7 Å². The Morgan fingerprint density at radius 3 is 2.79 bits per heavy atom.